The molecule has 0 radical (unpaired) electrons. The van der Waals surface area contributed by atoms with E-state index < -0.39 is 0 Å². The van der Waals surface area contributed by atoms with Crippen molar-refractivity contribution in [2.45, 2.75) is 19.3 Å². The van der Waals surface area contributed by atoms with E-state index in [0.717, 1.165) is 6.42 Å². The van der Waals surface area contributed by atoms with Crippen LogP contribution in [0.25, 0.3) is 0 Å². The molecule has 0 bridgehead atoms. The number of hydrogen-bond acceptors (Lipinski definition) is 3. The first kappa shape index (κ1) is 14.5. The molecule has 20 heavy (non-hydrogen) atoms. The van der Waals surface area contributed by atoms with E-state index in [1.807, 2.05) is 18.2 Å². The molecule has 1 unspecified atom stereocenters. The van der Waals surface area contributed by atoms with Crippen LogP contribution in [0.1, 0.15) is 35.3 Å². The van der Waals surface area contributed by atoms with Gasteiger partial charge in [0.1, 0.15) is 10.8 Å². The monoisotopic (exact) mass is 289 g/mol. The average molecular weight is 290 g/mol. The van der Waals surface area contributed by atoms with Crippen molar-refractivity contribution in [3.8, 4) is 0 Å². The Morgan fingerprint density at radius 3 is 2.75 bits per heavy atom. The molecule has 0 aliphatic carbocycles. The first-order chi connectivity index (χ1) is 9.66. The lowest BCUT2D eigenvalue weighted by Crippen LogP contribution is -2.26. The van der Waals surface area contributed by atoms with Gasteiger partial charge in [-0.05, 0) is 17.9 Å². The fourth-order valence-electron chi connectivity index (χ4n) is 1.89. The number of aromatic nitrogens is 2. The normalized spacial score (nSPS) is 11.9. The summed E-state index contributed by atoms with van der Waals surface area (Å²) in [5.74, 6) is 0.141. The average Bonchev–Trinajstić information content (AvgIpc) is 2.48. The molecule has 4 nitrogen and oxygen atoms in total. The van der Waals surface area contributed by atoms with Gasteiger partial charge in [0.2, 0.25) is 0 Å². The fraction of sp³-hybridized carbons (Fsp3) is 0.267. The van der Waals surface area contributed by atoms with Crippen molar-refractivity contribution in [2.24, 2.45) is 0 Å². The Balaban J connectivity index is 1.83. The van der Waals surface area contributed by atoms with E-state index >= 15 is 0 Å². The maximum atomic E-state index is 11.8. The highest BCUT2D eigenvalue weighted by molar-refractivity contribution is 6.29. The minimum atomic E-state index is -0.250. The molecule has 2 aromatic rings. The summed E-state index contributed by atoms with van der Waals surface area (Å²) in [5, 5.41) is 3.04. The number of benzene rings is 1. The van der Waals surface area contributed by atoms with Gasteiger partial charge in [-0.25, -0.2) is 4.98 Å². The number of hydrogen-bond donors (Lipinski definition) is 1. The SMILES string of the molecule is CC(CCNC(=O)c1cncc(Cl)n1)c1ccccc1. The molecule has 0 fully saturated rings. The van der Waals surface area contributed by atoms with E-state index in [1.54, 1.807) is 0 Å². The van der Waals surface area contributed by atoms with Gasteiger partial charge < -0.3 is 5.32 Å². The molecule has 1 aromatic carbocycles. The van der Waals surface area contributed by atoms with Crippen LogP contribution in [0.2, 0.25) is 5.15 Å². The van der Waals surface area contributed by atoms with Gasteiger partial charge in [0.25, 0.3) is 5.91 Å². The number of carbonyl (C=O) groups is 1. The zero-order valence-electron chi connectivity index (χ0n) is 11.2. The molecule has 2 rings (SSSR count). The van der Waals surface area contributed by atoms with E-state index in [1.165, 1.54) is 18.0 Å². The van der Waals surface area contributed by atoms with E-state index in [9.17, 15) is 4.79 Å². The quantitative estimate of drug-likeness (QED) is 0.920. The van der Waals surface area contributed by atoms with E-state index in [-0.39, 0.29) is 16.8 Å². The number of amides is 1. The second kappa shape index (κ2) is 7.01. The lowest BCUT2D eigenvalue weighted by atomic mass is 9.98. The minimum absolute atomic E-state index is 0.218. The van der Waals surface area contributed by atoms with Crippen LogP contribution in [0.4, 0.5) is 0 Å². The Kier molecular flexibility index (Phi) is 5.07. The summed E-state index contributed by atoms with van der Waals surface area (Å²) in [6.45, 7) is 2.73. The predicted octanol–water partition coefficient (Wildman–Crippen LogP) is 3.05. The Bertz CT molecular complexity index is 574. The molecule has 0 saturated heterocycles. The first-order valence-electron chi connectivity index (χ1n) is 6.47. The summed E-state index contributed by atoms with van der Waals surface area (Å²) in [6.07, 6.45) is 3.67. The van der Waals surface area contributed by atoms with Crippen molar-refractivity contribution in [1.29, 1.82) is 0 Å². The number of rotatable bonds is 5. The van der Waals surface area contributed by atoms with Crippen molar-refractivity contribution in [3.05, 3.63) is 59.1 Å². The summed E-state index contributed by atoms with van der Waals surface area (Å²) in [5.41, 5.74) is 1.51. The Morgan fingerprint density at radius 2 is 2.05 bits per heavy atom. The minimum Gasteiger partial charge on any atom is -0.351 e. The van der Waals surface area contributed by atoms with Gasteiger partial charge in [0, 0.05) is 6.54 Å². The molecule has 1 N–H and O–H groups in total. The number of carbonyl (C=O) groups excluding carboxylic acids is 1. The van der Waals surface area contributed by atoms with Crippen molar-refractivity contribution in [3.63, 3.8) is 0 Å². The molecular formula is C15H16ClN3O. The van der Waals surface area contributed by atoms with E-state index in [0.29, 0.717) is 12.5 Å². The molecule has 1 amide bonds. The second-order valence-corrected chi connectivity index (χ2v) is 4.97. The topological polar surface area (TPSA) is 54.9 Å². The molecule has 1 heterocycles. The standard InChI is InChI=1S/C15H16ClN3O/c1-11(12-5-3-2-4-6-12)7-8-18-15(20)13-9-17-10-14(16)19-13/h2-6,9-11H,7-8H2,1H3,(H,18,20). The first-order valence-corrected chi connectivity index (χ1v) is 6.85. The van der Waals surface area contributed by atoms with Crippen LogP contribution in [0.15, 0.2) is 42.7 Å². The highest BCUT2D eigenvalue weighted by Gasteiger charge is 2.09. The van der Waals surface area contributed by atoms with Crippen LogP contribution in [-0.2, 0) is 0 Å². The summed E-state index contributed by atoms with van der Waals surface area (Å²) < 4.78 is 0. The van der Waals surface area contributed by atoms with Gasteiger partial charge in [0.05, 0.1) is 12.4 Å². The van der Waals surface area contributed by atoms with Crippen molar-refractivity contribution >= 4 is 17.5 Å². The molecule has 5 heteroatoms. The molecular weight excluding hydrogens is 274 g/mol. The van der Waals surface area contributed by atoms with Gasteiger partial charge in [-0.2, -0.15) is 0 Å². The van der Waals surface area contributed by atoms with Crippen molar-refractivity contribution in [2.75, 3.05) is 6.54 Å². The lowest BCUT2D eigenvalue weighted by Gasteiger charge is -2.12. The van der Waals surface area contributed by atoms with Crippen LogP contribution >= 0.6 is 11.6 Å². The molecule has 0 aliphatic heterocycles. The molecule has 1 aromatic heterocycles. The smallest absolute Gasteiger partial charge is 0.271 e. The third kappa shape index (κ3) is 4.03. The van der Waals surface area contributed by atoms with Crippen LogP contribution in [-0.4, -0.2) is 22.4 Å². The van der Waals surface area contributed by atoms with Crippen LogP contribution in [0, 0.1) is 0 Å². The highest BCUT2D eigenvalue weighted by Crippen LogP contribution is 2.17. The molecule has 0 aliphatic rings. The van der Waals surface area contributed by atoms with Gasteiger partial charge in [-0.3, -0.25) is 9.78 Å². The summed E-state index contributed by atoms with van der Waals surface area (Å²) in [4.78, 5) is 19.6. The van der Waals surface area contributed by atoms with Crippen LogP contribution in [0.5, 0.6) is 0 Å². The van der Waals surface area contributed by atoms with Crippen LogP contribution < -0.4 is 5.32 Å². The number of halogens is 1. The molecule has 104 valence electrons. The zero-order chi connectivity index (χ0) is 14.4. The predicted molar refractivity (Wildman–Crippen MR) is 78.8 cm³/mol. The Morgan fingerprint density at radius 1 is 1.30 bits per heavy atom. The maximum Gasteiger partial charge on any atom is 0.271 e. The molecule has 0 saturated carbocycles. The summed E-state index contributed by atoms with van der Waals surface area (Å²) in [6, 6.07) is 10.2. The maximum absolute atomic E-state index is 11.8. The summed E-state index contributed by atoms with van der Waals surface area (Å²) >= 11 is 5.70. The Labute approximate surface area is 123 Å². The lowest BCUT2D eigenvalue weighted by molar-refractivity contribution is 0.0947. The van der Waals surface area contributed by atoms with E-state index in [2.05, 4.69) is 34.3 Å². The number of nitrogens with zero attached hydrogens (tertiary/aromatic N) is 2. The van der Waals surface area contributed by atoms with Gasteiger partial charge in [-0.15, -0.1) is 0 Å². The number of nitrogens with one attached hydrogen (secondary N) is 1. The van der Waals surface area contributed by atoms with Gasteiger partial charge in [-0.1, -0.05) is 48.9 Å². The fourth-order valence-corrected chi connectivity index (χ4v) is 2.04. The summed E-state index contributed by atoms with van der Waals surface area (Å²) in [7, 11) is 0. The van der Waals surface area contributed by atoms with Gasteiger partial charge >= 0.3 is 0 Å². The largest absolute Gasteiger partial charge is 0.351 e. The third-order valence-electron chi connectivity index (χ3n) is 3.07. The van der Waals surface area contributed by atoms with E-state index in [4.69, 9.17) is 11.6 Å². The highest BCUT2D eigenvalue weighted by atomic mass is 35.5. The molecule has 0 spiro atoms. The van der Waals surface area contributed by atoms with Crippen molar-refractivity contribution < 1.29 is 4.79 Å². The van der Waals surface area contributed by atoms with Crippen molar-refractivity contribution in [1.82, 2.24) is 15.3 Å². The molecule has 1 atom stereocenters. The van der Waals surface area contributed by atoms with Gasteiger partial charge in [0.15, 0.2) is 0 Å². The zero-order valence-corrected chi connectivity index (χ0v) is 12.0. The third-order valence-corrected chi connectivity index (χ3v) is 3.25. The second-order valence-electron chi connectivity index (χ2n) is 4.58. The Hall–Kier alpha value is -1.94. The van der Waals surface area contributed by atoms with Crippen LogP contribution in [0.3, 0.4) is 0 Å².